The number of hydrazine groups is 1. The van der Waals surface area contributed by atoms with Gasteiger partial charge < -0.3 is 29.8 Å². The van der Waals surface area contributed by atoms with Crippen molar-refractivity contribution in [2.45, 2.75) is 107 Å². The van der Waals surface area contributed by atoms with Gasteiger partial charge >= 0.3 is 0 Å². The first-order chi connectivity index (χ1) is 35.1. The Bertz CT molecular complexity index is 3200. The van der Waals surface area contributed by atoms with Crippen molar-refractivity contribution in [1.82, 2.24) is 29.0 Å². The number of hydrogen-bond acceptors (Lipinski definition) is 15. The Morgan fingerprint density at radius 1 is 0.986 bits per heavy atom. The average molecular weight is 1060 g/mol. The van der Waals surface area contributed by atoms with Crippen molar-refractivity contribution >= 4 is 54.0 Å². The van der Waals surface area contributed by atoms with E-state index < -0.39 is 58.1 Å². The lowest BCUT2D eigenvalue weighted by atomic mass is 9.72. The number of nitro groups is 1. The maximum atomic E-state index is 14.7. The summed E-state index contributed by atoms with van der Waals surface area (Å²) in [6, 6.07) is 16.1. The molecule has 3 aromatic carbocycles. The summed E-state index contributed by atoms with van der Waals surface area (Å²) < 4.78 is 85.7. The molecule has 2 aromatic heterocycles. The predicted octanol–water partition coefficient (Wildman–Crippen LogP) is 7.67. The van der Waals surface area contributed by atoms with Crippen LogP contribution in [0, 0.1) is 27.3 Å². The number of anilines is 2. The van der Waals surface area contributed by atoms with Crippen LogP contribution in [-0.4, -0.2) is 126 Å². The molecule has 5 aromatic rings. The van der Waals surface area contributed by atoms with Crippen LogP contribution in [0.1, 0.15) is 107 Å². The van der Waals surface area contributed by atoms with E-state index in [1.54, 1.807) is 37.2 Å². The number of ether oxygens (including phenoxy) is 2. The summed E-state index contributed by atoms with van der Waals surface area (Å²) in [7, 11) is -8.23. The molecule has 5 aliphatic rings. The van der Waals surface area contributed by atoms with Crippen LogP contribution in [0.2, 0.25) is 0 Å². The third kappa shape index (κ3) is 10.0. The molecule has 4 N–H and O–H groups in total. The van der Waals surface area contributed by atoms with Crippen molar-refractivity contribution in [3.8, 4) is 17.2 Å². The standard InChI is InChI=1S/C52H64FN9O10S2/c1-32(2)38-8-6-7-9-39(38)45-28-60(74(69,70)33(3)4)20-21-61(45)59-30-52(31-59)16-18-58(19-17-52)35-10-11-40(46(22-35)72-36-23-41-42(53)27-55-49(41)54-26-36)50(63)57-73(67,68)37-24-44(62(65)66)48-47(25-37)71-29-43(56-48)34-12-14-51(5,64)15-13-34/h6-11,22-27,32-34,43,45,56,64H,12-21,28-31H2,1-5H3,(H,54,55)(H,57,63)/t34?,43-,45+,51?/m1/s1. The molecular formula is C52H64FN9O10S2. The molecule has 2 atom stereocenters. The summed E-state index contributed by atoms with van der Waals surface area (Å²) in [4.78, 5) is 34.5. The van der Waals surface area contributed by atoms with Crippen molar-refractivity contribution in [1.29, 1.82) is 0 Å². The molecule has 0 unspecified atom stereocenters. The molecule has 1 spiro atoms. The first-order valence-electron chi connectivity index (χ1n) is 25.4. The molecular weight excluding hydrogens is 994 g/mol. The molecule has 19 nitrogen and oxygen atoms in total. The Balaban J connectivity index is 0.865. The molecule has 74 heavy (non-hydrogen) atoms. The Hall–Kier alpha value is -5.91. The van der Waals surface area contributed by atoms with Gasteiger partial charge in [0.25, 0.3) is 21.6 Å². The fourth-order valence-corrected chi connectivity index (χ4v) is 13.8. The van der Waals surface area contributed by atoms with Crippen LogP contribution in [0.25, 0.3) is 11.0 Å². The highest BCUT2D eigenvalue weighted by Gasteiger charge is 2.50. The Kier molecular flexibility index (Phi) is 13.7. The van der Waals surface area contributed by atoms with Crippen molar-refractivity contribution in [3.63, 3.8) is 0 Å². The van der Waals surface area contributed by atoms with E-state index in [4.69, 9.17) is 9.47 Å². The molecule has 4 aliphatic heterocycles. The minimum atomic E-state index is -4.76. The highest BCUT2D eigenvalue weighted by Crippen LogP contribution is 2.47. The molecule has 6 heterocycles. The zero-order chi connectivity index (χ0) is 52.5. The summed E-state index contributed by atoms with van der Waals surface area (Å²) in [5.41, 5.74) is 1.88. The number of amides is 1. The number of H-pyrrole nitrogens is 1. The van der Waals surface area contributed by atoms with E-state index in [1.807, 2.05) is 12.1 Å². The van der Waals surface area contributed by atoms with Crippen molar-refractivity contribution in [3.05, 3.63) is 106 Å². The molecule has 0 bridgehead atoms. The quantitative estimate of drug-likeness (QED) is 0.0654. The number of rotatable bonds is 13. The minimum absolute atomic E-state index is 0.0159. The zero-order valence-corrected chi connectivity index (χ0v) is 43.8. The number of nitrogens with zero attached hydrogens (tertiary/aromatic N) is 6. The van der Waals surface area contributed by atoms with Crippen LogP contribution < -0.4 is 24.4 Å². The second-order valence-corrected chi connectivity index (χ2v) is 25.8. The van der Waals surface area contributed by atoms with Gasteiger partial charge in [-0.15, -0.1) is 0 Å². The monoisotopic (exact) mass is 1060 g/mol. The number of hydrogen-bond donors (Lipinski definition) is 4. The topological polar surface area (TPSA) is 233 Å². The third-order valence-corrected chi connectivity index (χ3v) is 19.5. The normalized spacial score (nSPS) is 23.8. The van der Waals surface area contributed by atoms with Crippen LogP contribution in [0.3, 0.4) is 0 Å². The molecule has 4 fully saturated rings. The second kappa shape index (κ2) is 19.7. The van der Waals surface area contributed by atoms with Gasteiger partial charge in [-0.3, -0.25) is 14.9 Å². The first-order valence-corrected chi connectivity index (χ1v) is 28.4. The number of sulfonamides is 2. The summed E-state index contributed by atoms with van der Waals surface area (Å²) in [6.07, 6.45) is 6.71. The van der Waals surface area contributed by atoms with Gasteiger partial charge in [-0.2, -0.15) is 4.31 Å². The number of fused-ring (bicyclic) bond motifs is 2. The smallest absolute Gasteiger partial charge is 0.297 e. The van der Waals surface area contributed by atoms with Gasteiger partial charge in [-0.1, -0.05) is 38.1 Å². The van der Waals surface area contributed by atoms with E-state index in [2.05, 4.69) is 60.9 Å². The number of halogens is 1. The van der Waals surface area contributed by atoms with Crippen molar-refractivity contribution in [2.24, 2.45) is 11.3 Å². The average Bonchev–Trinajstić information content (AvgIpc) is 3.74. The number of aromatic amines is 1. The van der Waals surface area contributed by atoms with Crippen LogP contribution >= 0.6 is 0 Å². The van der Waals surface area contributed by atoms with Gasteiger partial charge in [0.1, 0.15) is 29.6 Å². The number of piperazine rings is 1. The maximum absolute atomic E-state index is 14.7. The number of aromatic nitrogens is 2. The summed E-state index contributed by atoms with van der Waals surface area (Å²) in [5, 5.41) is 30.5. The highest BCUT2D eigenvalue weighted by molar-refractivity contribution is 7.90. The SMILES string of the molecule is CC(C)c1ccccc1[C@@H]1CN(S(=O)(=O)C(C)C)CCN1N1CC2(CCN(c3ccc(C(=O)NS(=O)(=O)c4cc5c(c([N+](=O)[O-])c4)N[C@@H](C4CCC(C)(O)CC4)CO5)c(Oc4cnc5[nH]cc(F)c5c4)c3)CC2)C1. The van der Waals surface area contributed by atoms with Crippen LogP contribution in [-0.2, 0) is 20.0 Å². The molecule has 22 heteroatoms. The number of nitro benzene ring substituents is 1. The first kappa shape index (κ1) is 51.6. The van der Waals surface area contributed by atoms with Crippen LogP contribution in [0.5, 0.6) is 17.2 Å². The van der Waals surface area contributed by atoms with Crippen LogP contribution in [0.4, 0.5) is 21.5 Å². The zero-order valence-electron chi connectivity index (χ0n) is 42.2. The molecule has 1 amide bonds. The number of piperidine rings is 1. The predicted molar refractivity (Wildman–Crippen MR) is 277 cm³/mol. The fraction of sp³-hybridized carbons (Fsp3) is 0.500. The second-order valence-electron chi connectivity index (χ2n) is 21.6. The molecule has 3 saturated heterocycles. The fourth-order valence-electron chi connectivity index (χ4n) is 11.5. The Morgan fingerprint density at radius 3 is 2.42 bits per heavy atom. The summed E-state index contributed by atoms with van der Waals surface area (Å²) in [5.74, 6) is -1.32. The van der Waals surface area contributed by atoms with E-state index in [0.29, 0.717) is 64.1 Å². The molecule has 10 rings (SSSR count). The van der Waals surface area contributed by atoms with E-state index in [-0.39, 0.29) is 75.5 Å². The molecule has 0 radical (unpaired) electrons. The Labute approximate surface area is 430 Å². The summed E-state index contributed by atoms with van der Waals surface area (Å²) >= 11 is 0. The number of carbonyl (C=O) groups is 1. The number of nitrogens with one attached hydrogen (secondary N) is 3. The van der Waals surface area contributed by atoms with Gasteiger partial charge in [0.15, 0.2) is 11.4 Å². The van der Waals surface area contributed by atoms with Gasteiger partial charge in [0.05, 0.1) is 49.9 Å². The molecule has 1 saturated carbocycles. The van der Waals surface area contributed by atoms with Gasteiger partial charge in [0, 0.05) is 81.3 Å². The van der Waals surface area contributed by atoms with E-state index in [1.165, 1.54) is 23.9 Å². The van der Waals surface area contributed by atoms with Crippen LogP contribution in [0.15, 0.2) is 78.0 Å². The number of aliphatic hydroxyl groups is 1. The summed E-state index contributed by atoms with van der Waals surface area (Å²) in [6.45, 7) is 14.0. The third-order valence-electron chi connectivity index (χ3n) is 15.9. The number of benzene rings is 3. The lowest BCUT2D eigenvalue weighted by Gasteiger charge is -2.60. The van der Waals surface area contributed by atoms with Gasteiger partial charge in [0.2, 0.25) is 10.0 Å². The lowest BCUT2D eigenvalue weighted by molar-refractivity contribution is -0.384. The minimum Gasteiger partial charge on any atom is -0.489 e. The number of pyridine rings is 1. The lowest BCUT2D eigenvalue weighted by Crippen LogP contribution is -2.68. The van der Waals surface area contributed by atoms with Crippen molar-refractivity contribution in [2.75, 3.05) is 62.6 Å². The molecule has 396 valence electrons. The number of carbonyl (C=O) groups excluding carboxylic acids is 1. The van der Waals surface area contributed by atoms with E-state index in [9.17, 15) is 41.2 Å². The largest absolute Gasteiger partial charge is 0.489 e. The Morgan fingerprint density at radius 2 is 1.72 bits per heavy atom. The molecule has 1 aliphatic carbocycles. The van der Waals surface area contributed by atoms with E-state index >= 15 is 0 Å². The highest BCUT2D eigenvalue weighted by atomic mass is 32.2. The van der Waals surface area contributed by atoms with Gasteiger partial charge in [-0.25, -0.2) is 40.9 Å². The van der Waals surface area contributed by atoms with Crippen molar-refractivity contribution < 1.29 is 45.5 Å². The van der Waals surface area contributed by atoms with Gasteiger partial charge in [-0.05, 0) is 100 Å². The van der Waals surface area contributed by atoms with E-state index in [0.717, 1.165) is 49.8 Å². The maximum Gasteiger partial charge on any atom is 0.297 e.